The second-order valence-corrected chi connectivity index (χ2v) is 8.40. The van der Waals surface area contributed by atoms with Gasteiger partial charge in [0.05, 0.1) is 0 Å². The summed E-state index contributed by atoms with van der Waals surface area (Å²) in [6.45, 7) is 3.23. The van der Waals surface area contributed by atoms with E-state index in [-0.39, 0.29) is 0 Å². The Morgan fingerprint density at radius 2 is 2.27 bits per heavy atom. The van der Waals surface area contributed by atoms with Crippen LogP contribution in [0.15, 0.2) is 0 Å². The molecule has 68 valence electrons. The number of hydrogen-bond donors (Lipinski definition) is 1. The van der Waals surface area contributed by atoms with Crippen LogP contribution in [0.25, 0.3) is 0 Å². The van der Waals surface area contributed by atoms with E-state index in [9.17, 15) is 0 Å². The first-order valence-electron chi connectivity index (χ1n) is 4.21. The van der Waals surface area contributed by atoms with Crippen LogP contribution in [-0.2, 0) is 0 Å². The Bertz CT molecular complexity index is 115. The van der Waals surface area contributed by atoms with Crippen molar-refractivity contribution in [1.82, 2.24) is 0 Å². The molecular formula is C8H16I2N-. The van der Waals surface area contributed by atoms with Crippen molar-refractivity contribution >= 4 is 22.6 Å². The zero-order valence-corrected chi connectivity index (χ0v) is 11.2. The molecule has 3 heteroatoms. The van der Waals surface area contributed by atoms with Gasteiger partial charge in [0.1, 0.15) is 0 Å². The van der Waals surface area contributed by atoms with Crippen molar-refractivity contribution in [2.24, 2.45) is 11.7 Å². The van der Waals surface area contributed by atoms with Crippen LogP contribution < -0.4 is 26.9 Å². The van der Waals surface area contributed by atoms with Gasteiger partial charge in [-0.05, 0) is 0 Å². The van der Waals surface area contributed by atoms with Crippen molar-refractivity contribution < 1.29 is 21.2 Å². The van der Waals surface area contributed by atoms with Crippen molar-refractivity contribution in [3.05, 3.63) is 0 Å². The summed E-state index contributed by atoms with van der Waals surface area (Å²) in [7, 11) is 0. The monoisotopic (exact) mass is 380 g/mol. The average molecular weight is 380 g/mol. The molecule has 1 aliphatic rings. The number of alkyl halides is 3. The van der Waals surface area contributed by atoms with Crippen LogP contribution in [0.3, 0.4) is 0 Å². The maximum absolute atomic E-state index is 5.75. The Morgan fingerprint density at radius 3 is 2.64 bits per heavy atom. The minimum absolute atomic E-state index is 0.396. The molecule has 11 heavy (non-hydrogen) atoms. The Hall–Kier alpha value is 1.42. The summed E-state index contributed by atoms with van der Waals surface area (Å²) >= 11 is 3.02. The standard InChI is InChI=1S/C8H16I2N/c1-2-10-7(5-11)8(9)6-3-4-6/h6-8H,2-5,11H2,1H3/q-1/t7-,8-/m1/s1. The maximum atomic E-state index is 5.75. The van der Waals surface area contributed by atoms with E-state index in [1.54, 1.807) is 0 Å². The molecule has 1 saturated carbocycles. The second kappa shape index (κ2) is 5.21. The molecule has 0 bridgehead atoms. The van der Waals surface area contributed by atoms with Crippen LogP contribution in [0, 0.1) is 5.92 Å². The quantitative estimate of drug-likeness (QED) is 0.463. The molecule has 0 aromatic rings. The summed E-state index contributed by atoms with van der Waals surface area (Å²) < 4.78 is 3.20. The Balaban J connectivity index is 2.26. The molecule has 0 amide bonds. The number of rotatable bonds is 5. The van der Waals surface area contributed by atoms with Gasteiger partial charge in [-0.1, -0.05) is 0 Å². The fraction of sp³-hybridized carbons (Fsp3) is 1.00. The molecule has 1 aliphatic carbocycles. The van der Waals surface area contributed by atoms with E-state index in [4.69, 9.17) is 5.73 Å². The summed E-state index contributed by atoms with van der Waals surface area (Å²) in [6, 6.07) is 0. The van der Waals surface area contributed by atoms with E-state index < -0.39 is 0 Å². The topological polar surface area (TPSA) is 26.0 Å². The van der Waals surface area contributed by atoms with E-state index in [1.807, 2.05) is 0 Å². The van der Waals surface area contributed by atoms with Gasteiger partial charge < -0.3 is 0 Å². The third kappa shape index (κ3) is 3.34. The van der Waals surface area contributed by atoms with E-state index in [2.05, 4.69) is 29.5 Å². The van der Waals surface area contributed by atoms with E-state index in [0.29, 0.717) is 21.2 Å². The van der Waals surface area contributed by atoms with E-state index in [0.717, 1.165) is 20.3 Å². The second-order valence-electron chi connectivity index (χ2n) is 2.96. The summed E-state index contributed by atoms with van der Waals surface area (Å²) in [6.07, 6.45) is 2.94. The van der Waals surface area contributed by atoms with E-state index >= 15 is 0 Å². The summed E-state index contributed by atoms with van der Waals surface area (Å²) in [5.41, 5.74) is 5.75. The first-order valence-corrected chi connectivity index (χ1v) is 8.23. The van der Waals surface area contributed by atoms with Crippen molar-refractivity contribution in [2.45, 2.75) is 27.6 Å². The predicted octanol–water partition coefficient (Wildman–Crippen LogP) is -1.36. The van der Waals surface area contributed by atoms with Gasteiger partial charge in [0.15, 0.2) is 0 Å². The molecule has 2 N–H and O–H groups in total. The molecule has 0 unspecified atom stereocenters. The zero-order chi connectivity index (χ0) is 8.27. The fourth-order valence-corrected chi connectivity index (χ4v) is 6.05. The van der Waals surface area contributed by atoms with Crippen LogP contribution >= 0.6 is 22.6 Å². The zero-order valence-electron chi connectivity index (χ0n) is 6.89. The summed E-state index contributed by atoms with van der Waals surface area (Å²) in [5.74, 6) is 1.04. The fourth-order valence-electron chi connectivity index (χ4n) is 1.19. The summed E-state index contributed by atoms with van der Waals surface area (Å²) in [5, 5.41) is 0. The molecule has 1 nitrogen and oxygen atoms in total. The van der Waals surface area contributed by atoms with Gasteiger partial charge in [0, 0.05) is 0 Å². The third-order valence-electron chi connectivity index (χ3n) is 2.00. The summed E-state index contributed by atoms with van der Waals surface area (Å²) in [4.78, 5) is 0. The first kappa shape index (κ1) is 10.5. The molecule has 2 atom stereocenters. The van der Waals surface area contributed by atoms with Crippen LogP contribution in [-0.4, -0.2) is 18.8 Å². The van der Waals surface area contributed by atoms with E-state index in [1.165, 1.54) is 17.3 Å². The number of hydrogen-bond acceptors (Lipinski definition) is 1. The van der Waals surface area contributed by atoms with Crippen molar-refractivity contribution in [1.29, 1.82) is 0 Å². The molecule has 1 fully saturated rings. The molecule has 0 aromatic carbocycles. The van der Waals surface area contributed by atoms with Crippen LogP contribution in [0.2, 0.25) is 0 Å². The predicted molar refractivity (Wildman–Crippen MR) is 53.9 cm³/mol. The average Bonchev–Trinajstić information content (AvgIpc) is 2.81. The number of nitrogens with two attached hydrogens (primary N) is 1. The molecule has 1 rings (SSSR count). The molecule has 0 heterocycles. The van der Waals surface area contributed by atoms with Crippen molar-refractivity contribution in [2.75, 3.05) is 11.0 Å². The SMILES string of the molecule is CC[I-][C@H](CN)[C@H](I)C1CC1. The molecule has 0 radical (unpaired) electrons. The molecule has 0 saturated heterocycles. The van der Waals surface area contributed by atoms with Gasteiger partial charge in [-0.25, -0.2) is 0 Å². The third-order valence-corrected chi connectivity index (χ3v) is 8.55. The molecule has 0 aliphatic heterocycles. The molecule has 0 aromatic heterocycles. The van der Waals surface area contributed by atoms with Crippen LogP contribution in [0.1, 0.15) is 19.8 Å². The van der Waals surface area contributed by atoms with Gasteiger partial charge >= 0.3 is 94.0 Å². The van der Waals surface area contributed by atoms with Gasteiger partial charge in [-0.2, -0.15) is 0 Å². The Kier molecular flexibility index (Phi) is 4.98. The molecular weight excluding hydrogens is 364 g/mol. The van der Waals surface area contributed by atoms with Crippen molar-refractivity contribution in [3.8, 4) is 0 Å². The normalized spacial score (nSPS) is 23.5. The first-order chi connectivity index (χ1) is 5.29. The van der Waals surface area contributed by atoms with Gasteiger partial charge in [-0.15, -0.1) is 0 Å². The minimum atomic E-state index is 0.396. The molecule has 0 spiro atoms. The van der Waals surface area contributed by atoms with Gasteiger partial charge in [0.2, 0.25) is 0 Å². The van der Waals surface area contributed by atoms with Crippen molar-refractivity contribution in [3.63, 3.8) is 0 Å². The van der Waals surface area contributed by atoms with Crippen LogP contribution in [0.5, 0.6) is 0 Å². The van der Waals surface area contributed by atoms with Crippen LogP contribution in [0.4, 0.5) is 0 Å². The Morgan fingerprint density at radius 1 is 1.64 bits per heavy atom. The number of halogens is 2. The van der Waals surface area contributed by atoms with Gasteiger partial charge in [0.25, 0.3) is 0 Å². The van der Waals surface area contributed by atoms with Gasteiger partial charge in [-0.3, -0.25) is 0 Å². The Labute approximate surface area is 93.3 Å².